The van der Waals surface area contributed by atoms with Gasteiger partial charge in [-0.15, -0.1) is 0 Å². The topological polar surface area (TPSA) is 89.0 Å². The van der Waals surface area contributed by atoms with Gasteiger partial charge in [-0.25, -0.2) is 13.4 Å². The molecular weight excluding hydrogens is 316 g/mol. The maximum Gasteiger partial charge on any atom is 0.341 e. The average Bonchev–Trinajstić information content (AvgIpc) is 2.48. The third-order valence-corrected chi connectivity index (χ3v) is 4.09. The van der Waals surface area contributed by atoms with E-state index < -0.39 is 26.4 Å². The second-order valence-electron chi connectivity index (χ2n) is 4.33. The molecule has 0 radical (unpaired) electrons. The number of nitrogens with one attached hydrogen (secondary N) is 1. The van der Waals surface area contributed by atoms with Crippen LogP contribution in [0.3, 0.4) is 0 Å². The molecule has 9 heteroatoms. The zero-order valence-electron chi connectivity index (χ0n) is 11.3. The summed E-state index contributed by atoms with van der Waals surface area (Å²) >= 11 is 0. The van der Waals surface area contributed by atoms with Crippen LogP contribution in [0.1, 0.15) is 16.2 Å². The van der Waals surface area contributed by atoms with Crippen molar-refractivity contribution in [3.63, 3.8) is 0 Å². The predicted molar refractivity (Wildman–Crippen MR) is 74.4 cm³/mol. The normalized spacial score (nSPS) is 11.5. The second kappa shape index (κ2) is 6.14. The zero-order chi connectivity index (χ0) is 16.3. The van der Waals surface area contributed by atoms with Crippen molar-refractivity contribution in [3.05, 3.63) is 48.0 Å². The minimum absolute atomic E-state index is 0.0786. The summed E-state index contributed by atoms with van der Waals surface area (Å²) in [5.74, 6) is -4.03. The number of rotatable bonds is 4. The molecule has 116 valence electrons. The first-order valence-electron chi connectivity index (χ1n) is 6.03. The van der Waals surface area contributed by atoms with Gasteiger partial charge in [-0.1, -0.05) is 0 Å². The van der Waals surface area contributed by atoms with Gasteiger partial charge < -0.3 is 5.32 Å². The minimum Gasteiger partial charge on any atom is -0.321 e. The van der Waals surface area contributed by atoms with Crippen LogP contribution in [-0.2, 0) is 9.84 Å². The van der Waals surface area contributed by atoms with Gasteiger partial charge in [0.2, 0.25) is 9.84 Å². The Hall–Kier alpha value is -2.42. The van der Waals surface area contributed by atoms with E-state index in [9.17, 15) is 22.0 Å². The Kier molecular flexibility index (Phi) is 4.45. The number of amides is 1. The van der Waals surface area contributed by atoms with Crippen molar-refractivity contribution >= 4 is 21.4 Å². The lowest BCUT2D eigenvalue weighted by Crippen LogP contribution is -2.15. The van der Waals surface area contributed by atoms with Gasteiger partial charge in [0, 0.05) is 11.9 Å². The van der Waals surface area contributed by atoms with Crippen LogP contribution in [0, 0.1) is 6.92 Å². The van der Waals surface area contributed by atoms with Gasteiger partial charge in [-0.05, 0) is 31.2 Å². The first-order chi connectivity index (χ1) is 10.3. The summed E-state index contributed by atoms with van der Waals surface area (Å²) in [6.07, 6.45) is 2.72. The van der Waals surface area contributed by atoms with Gasteiger partial charge in [-0.2, -0.15) is 8.78 Å². The van der Waals surface area contributed by atoms with Gasteiger partial charge in [-0.3, -0.25) is 9.78 Å². The van der Waals surface area contributed by atoms with E-state index in [1.165, 1.54) is 24.5 Å². The van der Waals surface area contributed by atoms with Gasteiger partial charge >= 0.3 is 5.76 Å². The van der Waals surface area contributed by atoms with Gasteiger partial charge in [0.15, 0.2) is 0 Å². The first-order valence-corrected chi connectivity index (χ1v) is 7.57. The van der Waals surface area contributed by atoms with E-state index in [1.807, 2.05) is 0 Å². The summed E-state index contributed by atoms with van der Waals surface area (Å²) in [7, 11) is -4.65. The second-order valence-corrected chi connectivity index (χ2v) is 6.24. The van der Waals surface area contributed by atoms with Crippen LogP contribution in [0.5, 0.6) is 0 Å². The number of hydrogen-bond donors (Lipinski definition) is 1. The van der Waals surface area contributed by atoms with Gasteiger partial charge in [0.1, 0.15) is 5.69 Å². The predicted octanol–water partition coefficient (Wildman–Crippen LogP) is 2.03. The smallest absolute Gasteiger partial charge is 0.321 e. The molecule has 0 atom stereocenters. The number of aryl methyl sites for hydroxylation is 1. The highest BCUT2D eigenvalue weighted by molar-refractivity contribution is 7.91. The van der Waals surface area contributed by atoms with E-state index in [2.05, 4.69) is 15.3 Å². The van der Waals surface area contributed by atoms with E-state index in [0.717, 1.165) is 12.1 Å². The Bertz CT molecular complexity index is 775. The third-order valence-electron chi connectivity index (χ3n) is 2.69. The van der Waals surface area contributed by atoms with Crippen LogP contribution in [0.15, 0.2) is 41.6 Å². The number of halogens is 2. The summed E-state index contributed by atoms with van der Waals surface area (Å²) in [4.78, 5) is 19.2. The van der Waals surface area contributed by atoms with Crippen molar-refractivity contribution in [1.82, 2.24) is 9.97 Å². The Morgan fingerprint density at radius 3 is 2.27 bits per heavy atom. The molecule has 0 fully saturated rings. The van der Waals surface area contributed by atoms with E-state index in [0.29, 0.717) is 5.69 Å². The standard InChI is InChI=1S/C13H11F2N3O3S/c1-8-6-17-11(7-16-8)12(19)18-9-2-4-10(5-3-9)22(20,21)13(14)15/h2-7,13H,1H3,(H,18,19). The van der Waals surface area contributed by atoms with Gasteiger partial charge in [0.05, 0.1) is 16.8 Å². The number of alkyl halides is 2. The van der Waals surface area contributed by atoms with E-state index in [1.54, 1.807) is 6.92 Å². The molecule has 0 spiro atoms. The van der Waals surface area contributed by atoms with Crippen molar-refractivity contribution in [1.29, 1.82) is 0 Å². The molecule has 6 nitrogen and oxygen atoms in total. The van der Waals surface area contributed by atoms with E-state index in [4.69, 9.17) is 0 Å². The number of sulfone groups is 1. The van der Waals surface area contributed by atoms with Crippen LogP contribution in [0.2, 0.25) is 0 Å². The number of hydrogen-bond acceptors (Lipinski definition) is 5. The minimum atomic E-state index is -4.65. The van der Waals surface area contributed by atoms with Crippen molar-refractivity contribution in [2.24, 2.45) is 0 Å². The number of aromatic nitrogens is 2. The number of nitrogens with zero attached hydrogens (tertiary/aromatic N) is 2. The van der Waals surface area contributed by atoms with Crippen LogP contribution >= 0.6 is 0 Å². The fraction of sp³-hybridized carbons (Fsp3) is 0.154. The molecule has 0 aliphatic rings. The molecule has 1 aromatic heterocycles. The summed E-state index contributed by atoms with van der Waals surface area (Å²) in [5.41, 5.74) is 0.980. The number of carbonyl (C=O) groups is 1. The van der Waals surface area contributed by atoms with E-state index >= 15 is 0 Å². The van der Waals surface area contributed by atoms with Crippen LogP contribution in [0.4, 0.5) is 14.5 Å². The van der Waals surface area contributed by atoms with Crippen molar-refractivity contribution in [2.45, 2.75) is 17.6 Å². The quantitative estimate of drug-likeness (QED) is 0.928. The van der Waals surface area contributed by atoms with Gasteiger partial charge in [0.25, 0.3) is 5.91 Å². The van der Waals surface area contributed by atoms with Crippen LogP contribution < -0.4 is 5.32 Å². The summed E-state index contributed by atoms with van der Waals surface area (Å²) in [6, 6.07) is 4.43. The number of carbonyl (C=O) groups excluding carboxylic acids is 1. The SMILES string of the molecule is Cc1cnc(C(=O)Nc2ccc(S(=O)(=O)C(F)F)cc2)cn1. The molecular formula is C13H11F2N3O3S. The van der Waals surface area contributed by atoms with Crippen LogP contribution in [-0.4, -0.2) is 30.1 Å². The fourth-order valence-corrected chi connectivity index (χ4v) is 2.26. The molecule has 2 rings (SSSR count). The largest absolute Gasteiger partial charge is 0.341 e. The molecule has 0 saturated carbocycles. The maximum atomic E-state index is 12.4. The molecule has 1 N–H and O–H groups in total. The zero-order valence-corrected chi connectivity index (χ0v) is 12.1. The highest BCUT2D eigenvalue weighted by Gasteiger charge is 2.26. The Labute approximate surface area is 125 Å². The number of anilines is 1. The van der Waals surface area contributed by atoms with Crippen LogP contribution in [0.25, 0.3) is 0 Å². The summed E-state index contributed by atoms with van der Waals surface area (Å²) in [5, 5.41) is 2.46. The van der Waals surface area contributed by atoms with Crippen molar-refractivity contribution in [2.75, 3.05) is 5.32 Å². The summed E-state index contributed by atoms with van der Waals surface area (Å²) < 4.78 is 47.3. The Morgan fingerprint density at radius 1 is 1.14 bits per heavy atom. The molecule has 0 saturated heterocycles. The highest BCUT2D eigenvalue weighted by atomic mass is 32.2. The Balaban J connectivity index is 2.15. The molecule has 0 aliphatic carbocycles. The van der Waals surface area contributed by atoms with E-state index in [-0.39, 0.29) is 11.4 Å². The lowest BCUT2D eigenvalue weighted by molar-refractivity contribution is 0.102. The van der Waals surface area contributed by atoms with Crippen molar-refractivity contribution < 1.29 is 22.0 Å². The molecule has 0 aliphatic heterocycles. The molecule has 22 heavy (non-hydrogen) atoms. The Morgan fingerprint density at radius 2 is 1.77 bits per heavy atom. The lowest BCUT2D eigenvalue weighted by atomic mass is 10.3. The molecule has 0 unspecified atom stereocenters. The fourth-order valence-electron chi connectivity index (χ4n) is 1.54. The number of benzene rings is 1. The first kappa shape index (κ1) is 16.0. The van der Waals surface area contributed by atoms with Crippen molar-refractivity contribution in [3.8, 4) is 0 Å². The molecule has 1 amide bonds. The average molecular weight is 327 g/mol. The maximum absolute atomic E-state index is 12.4. The monoisotopic (exact) mass is 327 g/mol. The molecule has 0 bridgehead atoms. The molecule has 2 aromatic rings. The summed E-state index contributed by atoms with van der Waals surface area (Å²) in [6.45, 7) is 1.72. The third kappa shape index (κ3) is 3.42. The highest BCUT2D eigenvalue weighted by Crippen LogP contribution is 2.20. The molecule has 1 heterocycles. The molecule has 1 aromatic carbocycles. The lowest BCUT2D eigenvalue weighted by Gasteiger charge is -2.06.